The Morgan fingerprint density at radius 3 is 2.62 bits per heavy atom. The van der Waals surface area contributed by atoms with Crippen molar-refractivity contribution in [2.45, 2.75) is 38.6 Å². The maximum absolute atomic E-state index is 12.7. The topological polar surface area (TPSA) is 86.9 Å². The number of carbonyl (C=O) groups is 2. The molecule has 3 N–H and O–H groups in total. The highest BCUT2D eigenvalue weighted by Crippen LogP contribution is 2.23. The summed E-state index contributed by atoms with van der Waals surface area (Å²) in [6.45, 7) is 1.93. The van der Waals surface area contributed by atoms with E-state index in [4.69, 9.17) is 0 Å². The van der Waals surface area contributed by atoms with Crippen molar-refractivity contribution in [1.82, 2.24) is 15.5 Å². The second-order valence-electron chi connectivity index (χ2n) is 7.38. The number of fused-ring (bicyclic) bond motifs is 1. The quantitative estimate of drug-likeness (QED) is 0.617. The van der Waals surface area contributed by atoms with Gasteiger partial charge < -0.3 is 10.6 Å². The van der Waals surface area contributed by atoms with Crippen LogP contribution >= 0.6 is 0 Å². The molecule has 1 aliphatic rings. The smallest absolute Gasteiger partial charge is 0.272 e. The first-order valence-electron chi connectivity index (χ1n) is 9.95. The number of benzene rings is 2. The van der Waals surface area contributed by atoms with Gasteiger partial charge in [-0.15, -0.1) is 0 Å². The lowest BCUT2D eigenvalue weighted by molar-refractivity contribution is 0.0933. The van der Waals surface area contributed by atoms with Gasteiger partial charge in [-0.1, -0.05) is 30.3 Å². The van der Waals surface area contributed by atoms with Crippen LogP contribution < -0.4 is 10.6 Å². The molecule has 1 atom stereocenters. The molecule has 6 heteroatoms. The lowest BCUT2D eigenvalue weighted by Gasteiger charge is -2.16. The number of amides is 2. The molecule has 148 valence electrons. The van der Waals surface area contributed by atoms with Gasteiger partial charge in [0.25, 0.3) is 11.8 Å². The number of aromatic nitrogens is 2. The van der Waals surface area contributed by atoms with E-state index in [1.807, 2.05) is 49.4 Å². The number of aromatic amines is 1. The zero-order chi connectivity index (χ0) is 20.2. The van der Waals surface area contributed by atoms with Gasteiger partial charge in [0, 0.05) is 22.5 Å². The van der Waals surface area contributed by atoms with Crippen molar-refractivity contribution >= 4 is 17.5 Å². The Hall–Kier alpha value is -3.41. The van der Waals surface area contributed by atoms with Crippen LogP contribution in [-0.4, -0.2) is 22.0 Å². The maximum atomic E-state index is 12.7. The second kappa shape index (κ2) is 8.31. The van der Waals surface area contributed by atoms with Crippen molar-refractivity contribution in [2.75, 3.05) is 5.32 Å². The molecule has 1 heterocycles. The molecule has 0 bridgehead atoms. The molecule has 1 aromatic heterocycles. The fourth-order valence-electron chi connectivity index (χ4n) is 3.70. The summed E-state index contributed by atoms with van der Waals surface area (Å²) in [5.74, 6) is -0.335. The van der Waals surface area contributed by atoms with E-state index in [-0.39, 0.29) is 17.9 Å². The number of nitrogens with zero attached hydrogens (tertiary/aromatic N) is 1. The summed E-state index contributed by atoms with van der Waals surface area (Å²) < 4.78 is 0. The first kappa shape index (κ1) is 18.9. The zero-order valence-electron chi connectivity index (χ0n) is 16.4. The van der Waals surface area contributed by atoms with Crippen LogP contribution in [-0.2, 0) is 12.8 Å². The highest BCUT2D eigenvalue weighted by Gasteiger charge is 2.23. The summed E-state index contributed by atoms with van der Waals surface area (Å²) in [5.41, 5.74) is 4.83. The minimum atomic E-state index is -0.216. The normalized spacial score (nSPS) is 14.0. The Labute approximate surface area is 169 Å². The van der Waals surface area contributed by atoms with Crippen LogP contribution in [0.1, 0.15) is 63.5 Å². The van der Waals surface area contributed by atoms with Gasteiger partial charge in [-0.2, -0.15) is 5.10 Å². The van der Waals surface area contributed by atoms with Gasteiger partial charge in [-0.25, -0.2) is 0 Å². The molecule has 6 nitrogen and oxygen atoms in total. The Kier molecular flexibility index (Phi) is 5.42. The molecule has 0 fully saturated rings. The fraction of sp³-hybridized carbons (Fsp3) is 0.261. The average Bonchev–Trinajstić information content (AvgIpc) is 3.19. The molecule has 0 saturated carbocycles. The standard InChI is InChI=1S/C23H24N4O2/c1-15(24-23(29)21-19-12-5-6-13-20(19)26-27-21)17-10-7-11-18(14-17)25-22(28)16-8-3-2-4-9-16/h2-4,7-11,14-15H,5-6,12-13H2,1H3,(H,24,29)(H,25,28)(H,26,27). The predicted molar refractivity (Wildman–Crippen MR) is 112 cm³/mol. The van der Waals surface area contributed by atoms with Gasteiger partial charge in [-0.05, 0) is 62.4 Å². The van der Waals surface area contributed by atoms with Crippen LogP contribution in [0.25, 0.3) is 0 Å². The van der Waals surface area contributed by atoms with E-state index in [1.54, 1.807) is 12.1 Å². The van der Waals surface area contributed by atoms with E-state index in [2.05, 4.69) is 20.8 Å². The summed E-state index contributed by atoms with van der Waals surface area (Å²) in [7, 11) is 0. The van der Waals surface area contributed by atoms with Crippen LogP contribution in [0, 0.1) is 0 Å². The van der Waals surface area contributed by atoms with E-state index in [0.29, 0.717) is 16.9 Å². The summed E-state index contributed by atoms with van der Waals surface area (Å²) in [6, 6.07) is 16.4. The second-order valence-corrected chi connectivity index (χ2v) is 7.38. The van der Waals surface area contributed by atoms with Gasteiger partial charge in [0.1, 0.15) is 0 Å². The largest absolute Gasteiger partial charge is 0.344 e. The molecular weight excluding hydrogens is 364 g/mol. The van der Waals surface area contributed by atoms with Gasteiger partial charge in [-0.3, -0.25) is 14.7 Å². The third-order valence-corrected chi connectivity index (χ3v) is 5.30. The summed E-state index contributed by atoms with van der Waals surface area (Å²) >= 11 is 0. The van der Waals surface area contributed by atoms with E-state index >= 15 is 0 Å². The first-order chi connectivity index (χ1) is 14.1. The minimum absolute atomic E-state index is 0.164. The highest BCUT2D eigenvalue weighted by molar-refractivity contribution is 6.04. The van der Waals surface area contributed by atoms with Gasteiger partial charge >= 0.3 is 0 Å². The molecule has 1 aliphatic carbocycles. The number of rotatable bonds is 5. The van der Waals surface area contributed by atoms with E-state index in [9.17, 15) is 9.59 Å². The molecule has 2 amide bonds. The number of hydrogen-bond acceptors (Lipinski definition) is 3. The summed E-state index contributed by atoms with van der Waals surface area (Å²) in [4.78, 5) is 25.1. The lowest BCUT2D eigenvalue weighted by Crippen LogP contribution is -2.28. The maximum Gasteiger partial charge on any atom is 0.272 e. The number of carbonyl (C=O) groups excluding carboxylic acids is 2. The van der Waals surface area contributed by atoms with Gasteiger partial charge in [0.2, 0.25) is 0 Å². The predicted octanol–water partition coefficient (Wildman–Crippen LogP) is 4.03. The van der Waals surface area contributed by atoms with Gasteiger partial charge in [0.15, 0.2) is 5.69 Å². The summed E-state index contributed by atoms with van der Waals surface area (Å²) in [5, 5.41) is 13.2. The zero-order valence-corrected chi connectivity index (χ0v) is 16.4. The fourth-order valence-corrected chi connectivity index (χ4v) is 3.70. The number of anilines is 1. The Balaban J connectivity index is 1.44. The van der Waals surface area contributed by atoms with E-state index in [0.717, 1.165) is 42.5 Å². The van der Waals surface area contributed by atoms with Crippen molar-refractivity contribution in [3.63, 3.8) is 0 Å². The molecule has 1 unspecified atom stereocenters. The number of nitrogens with one attached hydrogen (secondary N) is 3. The van der Waals surface area contributed by atoms with Crippen LogP contribution in [0.4, 0.5) is 5.69 Å². The van der Waals surface area contributed by atoms with Crippen LogP contribution in [0.2, 0.25) is 0 Å². The Morgan fingerprint density at radius 1 is 1.00 bits per heavy atom. The van der Waals surface area contributed by atoms with E-state index in [1.165, 1.54) is 0 Å². The highest BCUT2D eigenvalue weighted by atomic mass is 16.2. The molecular formula is C23H24N4O2. The van der Waals surface area contributed by atoms with Crippen LogP contribution in [0.3, 0.4) is 0 Å². The first-order valence-corrected chi connectivity index (χ1v) is 9.95. The Bertz CT molecular complexity index is 1030. The van der Waals surface area contributed by atoms with Crippen LogP contribution in [0.15, 0.2) is 54.6 Å². The monoisotopic (exact) mass is 388 g/mol. The average molecular weight is 388 g/mol. The lowest BCUT2D eigenvalue weighted by atomic mass is 9.95. The SMILES string of the molecule is CC(NC(=O)c1n[nH]c2c1CCCC2)c1cccc(NC(=O)c2ccccc2)c1. The van der Waals surface area contributed by atoms with Crippen molar-refractivity contribution in [1.29, 1.82) is 0 Å². The molecule has 2 aromatic carbocycles. The number of aryl methyl sites for hydroxylation is 1. The van der Waals surface area contributed by atoms with Crippen molar-refractivity contribution in [3.8, 4) is 0 Å². The summed E-state index contributed by atoms with van der Waals surface area (Å²) in [6.07, 6.45) is 4.07. The van der Waals surface area contributed by atoms with Crippen LogP contribution in [0.5, 0.6) is 0 Å². The third-order valence-electron chi connectivity index (χ3n) is 5.30. The third kappa shape index (κ3) is 4.21. The number of hydrogen-bond donors (Lipinski definition) is 3. The molecule has 4 rings (SSSR count). The van der Waals surface area contributed by atoms with Gasteiger partial charge in [0.05, 0.1) is 6.04 Å². The molecule has 0 radical (unpaired) electrons. The molecule has 3 aromatic rings. The molecule has 0 aliphatic heterocycles. The molecule has 0 spiro atoms. The molecule has 0 saturated heterocycles. The van der Waals surface area contributed by atoms with Crippen molar-refractivity contribution < 1.29 is 9.59 Å². The van der Waals surface area contributed by atoms with Crippen molar-refractivity contribution in [2.24, 2.45) is 0 Å². The van der Waals surface area contributed by atoms with Crippen molar-refractivity contribution in [3.05, 3.63) is 82.7 Å². The Morgan fingerprint density at radius 2 is 1.79 bits per heavy atom. The molecule has 29 heavy (non-hydrogen) atoms. The minimum Gasteiger partial charge on any atom is -0.344 e. The number of H-pyrrole nitrogens is 1. The van der Waals surface area contributed by atoms with E-state index < -0.39 is 0 Å².